The van der Waals surface area contributed by atoms with Crippen molar-refractivity contribution in [1.82, 2.24) is 15.4 Å². The van der Waals surface area contributed by atoms with Crippen LogP contribution in [0, 0.1) is 0 Å². The Labute approximate surface area is 136 Å². The number of amides is 1. The zero-order valence-electron chi connectivity index (χ0n) is 11.7. The monoisotopic (exact) mass is 336 g/mol. The van der Waals surface area contributed by atoms with Crippen molar-refractivity contribution in [1.29, 1.82) is 0 Å². The molecular formula is C14H13ClN4O2S. The van der Waals surface area contributed by atoms with Crippen molar-refractivity contribution >= 4 is 35.5 Å². The third kappa shape index (κ3) is 4.44. The molecule has 0 aliphatic rings. The van der Waals surface area contributed by atoms with Crippen LogP contribution < -0.4 is 11.0 Å². The van der Waals surface area contributed by atoms with E-state index >= 15 is 0 Å². The van der Waals surface area contributed by atoms with Gasteiger partial charge in [0.1, 0.15) is 5.69 Å². The highest BCUT2D eigenvalue weighted by atomic mass is 35.5. The number of hydrazone groups is 1. The summed E-state index contributed by atoms with van der Waals surface area (Å²) in [5.41, 5.74) is 2.62. The van der Waals surface area contributed by atoms with Gasteiger partial charge in [-0.05, 0) is 11.8 Å². The maximum Gasteiger partial charge on any atom is 0.290 e. The molecular weight excluding hydrogens is 324 g/mol. The molecule has 1 heterocycles. The molecule has 0 aliphatic carbocycles. The molecule has 2 N–H and O–H groups in total. The Morgan fingerprint density at radius 2 is 2.27 bits per heavy atom. The quantitative estimate of drug-likeness (QED) is 0.379. The number of nitrogens with one attached hydrogen (secondary N) is 2. The number of carbonyl (C=O) groups is 1. The summed E-state index contributed by atoms with van der Waals surface area (Å²) in [5, 5.41) is 4.74. The van der Waals surface area contributed by atoms with Gasteiger partial charge in [-0.25, -0.2) is 10.4 Å². The largest absolute Gasteiger partial charge is 0.301 e. The fraction of sp³-hybridized carbons (Fsp3) is 0.143. The molecule has 22 heavy (non-hydrogen) atoms. The second-order valence-electron chi connectivity index (χ2n) is 4.09. The number of rotatable bonds is 5. The highest BCUT2D eigenvalue weighted by Crippen LogP contribution is 2.12. The van der Waals surface area contributed by atoms with Crippen LogP contribution in [0.3, 0.4) is 0 Å². The zero-order chi connectivity index (χ0) is 15.9. The number of hydrogen-bond donors (Lipinski definition) is 2. The molecule has 6 nitrogen and oxygen atoms in total. The average molecular weight is 337 g/mol. The number of aromatic amines is 1. The first kappa shape index (κ1) is 16.3. The summed E-state index contributed by atoms with van der Waals surface area (Å²) < 4.78 is 0. The molecule has 0 radical (unpaired) electrons. The van der Waals surface area contributed by atoms with Gasteiger partial charge >= 0.3 is 0 Å². The van der Waals surface area contributed by atoms with E-state index in [-0.39, 0.29) is 11.3 Å². The van der Waals surface area contributed by atoms with Crippen LogP contribution in [0.5, 0.6) is 0 Å². The molecule has 0 fully saturated rings. The van der Waals surface area contributed by atoms with Crippen LogP contribution in [0.1, 0.15) is 23.0 Å². The van der Waals surface area contributed by atoms with Gasteiger partial charge in [0.2, 0.25) is 0 Å². The number of nitrogens with zero attached hydrogens (tertiary/aromatic N) is 2. The Morgan fingerprint density at radius 1 is 1.50 bits per heavy atom. The number of hydrogen-bond acceptors (Lipinski definition) is 5. The smallest absolute Gasteiger partial charge is 0.290 e. The van der Waals surface area contributed by atoms with Gasteiger partial charge in [0, 0.05) is 16.7 Å². The summed E-state index contributed by atoms with van der Waals surface area (Å²) in [6.07, 6.45) is 1.43. The SMILES string of the molecule is CCSc1nc(C(=O)N/N=C\c2ccccc2Cl)cc(=O)[nH]1. The molecule has 0 aliphatic heterocycles. The predicted molar refractivity (Wildman–Crippen MR) is 87.8 cm³/mol. The van der Waals surface area contributed by atoms with Crippen molar-refractivity contribution in [3.05, 3.63) is 57.0 Å². The van der Waals surface area contributed by atoms with Gasteiger partial charge < -0.3 is 4.98 Å². The van der Waals surface area contributed by atoms with E-state index in [1.165, 1.54) is 18.0 Å². The Morgan fingerprint density at radius 3 is 3.00 bits per heavy atom. The molecule has 0 spiro atoms. The van der Waals surface area contributed by atoms with Crippen molar-refractivity contribution in [2.45, 2.75) is 12.1 Å². The van der Waals surface area contributed by atoms with Crippen molar-refractivity contribution in [2.75, 3.05) is 5.75 Å². The van der Waals surface area contributed by atoms with Crippen molar-refractivity contribution in [3.8, 4) is 0 Å². The van der Waals surface area contributed by atoms with Crippen LogP contribution in [0.25, 0.3) is 0 Å². The van der Waals surface area contributed by atoms with Crippen molar-refractivity contribution in [2.24, 2.45) is 5.10 Å². The normalized spacial score (nSPS) is 10.8. The highest BCUT2D eigenvalue weighted by molar-refractivity contribution is 7.99. The second-order valence-corrected chi connectivity index (χ2v) is 5.75. The van der Waals surface area contributed by atoms with Gasteiger partial charge in [-0.15, -0.1) is 0 Å². The predicted octanol–water partition coefficient (Wildman–Crippen LogP) is 2.30. The van der Waals surface area contributed by atoms with Crippen molar-refractivity contribution in [3.63, 3.8) is 0 Å². The third-order valence-electron chi connectivity index (χ3n) is 2.51. The van der Waals surface area contributed by atoms with Crippen LogP contribution in [0.2, 0.25) is 5.02 Å². The number of halogens is 1. The summed E-state index contributed by atoms with van der Waals surface area (Å²) in [4.78, 5) is 30.0. The average Bonchev–Trinajstić information content (AvgIpc) is 2.49. The lowest BCUT2D eigenvalue weighted by Crippen LogP contribution is -2.22. The summed E-state index contributed by atoms with van der Waals surface area (Å²) >= 11 is 7.31. The summed E-state index contributed by atoms with van der Waals surface area (Å²) in [6.45, 7) is 1.92. The summed E-state index contributed by atoms with van der Waals surface area (Å²) in [7, 11) is 0. The Balaban J connectivity index is 2.09. The second kappa shape index (κ2) is 7.77. The summed E-state index contributed by atoms with van der Waals surface area (Å²) in [5.74, 6) is 0.172. The van der Waals surface area contributed by atoms with Crippen LogP contribution in [-0.4, -0.2) is 27.8 Å². The zero-order valence-corrected chi connectivity index (χ0v) is 13.2. The lowest BCUT2D eigenvalue weighted by atomic mass is 10.2. The molecule has 0 unspecified atom stereocenters. The molecule has 2 aromatic rings. The van der Waals surface area contributed by atoms with Gasteiger partial charge in [-0.3, -0.25) is 9.59 Å². The Hall–Kier alpha value is -2.12. The third-order valence-corrected chi connectivity index (χ3v) is 3.61. The molecule has 0 bridgehead atoms. The number of carbonyl (C=O) groups excluding carboxylic acids is 1. The number of thioether (sulfide) groups is 1. The van der Waals surface area contributed by atoms with E-state index in [0.717, 1.165) is 11.8 Å². The summed E-state index contributed by atoms with van der Waals surface area (Å²) in [6, 6.07) is 8.21. The van der Waals surface area contributed by atoms with Gasteiger partial charge in [-0.2, -0.15) is 5.10 Å². The van der Waals surface area contributed by atoms with Crippen molar-refractivity contribution < 1.29 is 4.79 Å². The van der Waals surface area contributed by atoms with Crippen LogP contribution in [0.15, 0.2) is 45.4 Å². The minimum absolute atomic E-state index is 0.0102. The number of benzene rings is 1. The highest BCUT2D eigenvalue weighted by Gasteiger charge is 2.09. The lowest BCUT2D eigenvalue weighted by Gasteiger charge is -2.02. The minimum atomic E-state index is -0.563. The molecule has 2 rings (SSSR count). The van der Waals surface area contributed by atoms with E-state index in [2.05, 4.69) is 20.5 Å². The molecule has 0 atom stereocenters. The first-order chi connectivity index (χ1) is 10.6. The van der Waals surface area contributed by atoms with E-state index < -0.39 is 5.91 Å². The molecule has 1 aromatic heterocycles. The van der Waals surface area contributed by atoms with E-state index in [1.54, 1.807) is 18.2 Å². The van der Waals surface area contributed by atoms with Gasteiger partial charge in [-0.1, -0.05) is 48.5 Å². The van der Waals surface area contributed by atoms with Crippen LogP contribution in [-0.2, 0) is 0 Å². The maximum atomic E-state index is 11.9. The Bertz CT molecular complexity index is 761. The van der Waals surface area contributed by atoms with Gasteiger partial charge in [0.25, 0.3) is 11.5 Å². The molecule has 1 amide bonds. The molecule has 0 saturated carbocycles. The first-order valence-corrected chi connectivity index (χ1v) is 7.78. The Kier molecular flexibility index (Phi) is 5.74. The minimum Gasteiger partial charge on any atom is -0.301 e. The standard InChI is InChI=1S/C14H13ClN4O2S/c1-2-22-14-17-11(7-12(20)18-14)13(21)19-16-8-9-5-3-4-6-10(9)15/h3-8H,2H2,1H3,(H,19,21)(H,17,18,20)/b16-8-. The van der Waals surface area contributed by atoms with E-state index in [0.29, 0.717) is 15.7 Å². The lowest BCUT2D eigenvalue weighted by molar-refractivity contribution is 0.0949. The number of H-pyrrole nitrogens is 1. The van der Waals surface area contributed by atoms with Crippen LogP contribution in [0.4, 0.5) is 0 Å². The topological polar surface area (TPSA) is 87.2 Å². The maximum absolute atomic E-state index is 11.9. The van der Waals surface area contributed by atoms with E-state index in [9.17, 15) is 9.59 Å². The van der Waals surface area contributed by atoms with E-state index in [1.807, 2.05) is 13.0 Å². The van der Waals surface area contributed by atoms with Gasteiger partial charge in [0.15, 0.2) is 5.16 Å². The van der Waals surface area contributed by atoms with E-state index in [4.69, 9.17) is 11.6 Å². The number of aromatic nitrogens is 2. The van der Waals surface area contributed by atoms with Gasteiger partial charge in [0.05, 0.1) is 6.21 Å². The molecule has 114 valence electrons. The molecule has 8 heteroatoms. The fourth-order valence-corrected chi connectivity index (χ4v) is 2.35. The van der Waals surface area contributed by atoms with Crippen LogP contribution >= 0.6 is 23.4 Å². The first-order valence-electron chi connectivity index (χ1n) is 6.42. The molecule has 0 saturated heterocycles. The molecule has 1 aromatic carbocycles. The fourth-order valence-electron chi connectivity index (χ4n) is 1.55.